The number of carbonyl (C=O) groups excluding carboxylic acids is 3. The van der Waals surface area contributed by atoms with Gasteiger partial charge >= 0.3 is 5.97 Å². The lowest BCUT2D eigenvalue weighted by molar-refractivity contribution is -0.147. The van der Waals surface area contributed by atoms with Gasteiger partial charge in [-0.2, -0.15) is 10.4 Å². The van der Waals surface area contributed by atoms with Crippen LogP contribution < -0.4 is 10.6 Å². The van der Waals surface area contributed by atoms with Gasteiger partial charge in [0.1, 0.15) is 11.6 Å². The fraction of sp³-hybridized carbons (Fsp3) is 0.136. The molecule has 0 spiro atoms. The van der Waals surface area contributed by atoms with Gasteiger partial charge in [0.2, 0.25) is 5.91 Å². The van der Waals surface area contributed by atoms with E-state index in [2.05, 4.69) is 15.7 Å². The predicted octanol–water partition coefficient (Wildman–Crippen LogP) is 3.38. The standard InChI is InChI=1S/C22H16ClN5O4S/c23-14-6-7-17-16(8-14)26-22(31)18(33-17)9-20(30)32-12-19(29)27-21-13(10-24)11-25-28(21)15-4-2-1-3-5-15/h1-8,11,18H,9,12H2,(H,26,31)(H,27,29). The molecule has 0 saturated heterocycles. The maximum atomic E-state index is 12.4. The van der Waals surface area contributed by atoms with Crippen LogP contribution in [0.1, 0.15) is 12.0 Å². The maximum absolute atomic E-state index is 12.4. The van der Waals surface area contributed by atoms with E-state index >= 15 is 0 Å². The zero-order chi connectivity index (χ0) is 23.4. The van der Waals surface area contributed by atoms with Crippen LogP contribution in [0.3, 0.4) is 0 Å². The molecule has 9 nitrogen and oxygen atoms in total. The number of para-hydroxylation sites is 1. The number of esters is 1. The number of nitrogens with one attached hydrogen (secondary N) is 2. The van der Waals surface area contributed by atoms with E-state index in [0.29, 0.717) is 16.4 Å². The average molecular weight is 482 g/mol. The second-order valence-corrected chi connectivity index (χ2v) is 8.60. The molecule has 0 radical (unpaired) electrons. The normalized spacial score (nSPS) is 14.5. The van der Waals surface area contributed by atoms with E-state index in [4.69, 9.17) is 16.3 Å². The molecule has 0 aliphatic carbocycles. The lowest BCUT2D eigenvalue weighted by atomic mass is 10.2. The summed E-state index contributed by atoms with van der Waals surface area (Å²) in [5.41, 5.74) is 1.39. The van der Waals surface area contributed by atoms with E-state index in [-0.39, 0.29) is 23.7 Å². The molecule has 2 amide bonds. The number of fused-ring (bicyclic) bond motifs is 1. The molecule has 166 valence electrons. The molecule has 2 N–H and O–H groups in total. The number of anilines is 2. The van der Waals surface area contributed by atoms with Crippen LogP contribution in [0.15, 0.2) is 59.6 Å². The first-order chi connectivity index (χ1) is 15.9. The van der Waals surface area contributed by atoms with Gasteiger partial charge in [0, 0.05) is 9.92 Å². The summed E-state index contributed by atoms with van der Waals surface area (Å²) >= 11 is 7.16. The zero-order valence-electron chi connectivity index (χ0n) is 16.9. The number of carbonyl (C=O) groups is 3. The summed E-state index contributed by atoms with van der Waals surface area (Å²) in [6.07, 6.45) is 1.12. The number of benzene rings is 2. The van der Waals surface area contributed by atoms with Gasteiger partial charge in [-0.25, -0.2) is 4.68 Å². The Morgan fingerprint density at radius 2 is 2.06 bits per heavy atom. The Balaban J connectivity index is 1.35. The Labute approximate surface area is 197 Å². The van der Waals surface area contributed by atoms with Crippen LogP contribution in [0.25, 0.3) is 5.69 Å². The van der Waals surface area contributed by atoms with Crippen molar-refractivity contribution in [2.75, 3.05) is 17.2 Å². The average Bonchev–Trinajstić information content (AvgIpc) is 3.21. The number of hydrogen-bond acceptors (Lipinski definition) is 7. The molecule has 1 aromatic heterocycles. The van der Waals surface area contributed by atoms with Crippen molar-refractivity contribution in [2.45, 2.75) is 16.6 Å². The lowest BCUT2D eigenvalue weighted by Crippen LogP contribution is -2.32. The molecule has 1 aliphatic heterocycles. The van der Waals surface area contributed by atoms with E-state index in [1.165, 1.54) is 22.6 Å². The second-order valence-electron chi connectivity index (χ2n) is 6.92. The molecule has 4 rings (SSSR count). The Kier molecular flexibility index (Phi) is 6.63. The number of hydrogen-bond donors (Lipinski definition) is 2. The van der Waals surface area contributed by atoms with Crippen LogP contribution in [0.4, 0.5) is 11.5 Å². The van der Waals surface area contributed by atoms with E-state index in [1.54, 1.807) is 42.5 Å². The summed E-state index contributed by atoms with van der Waals surface area (Å²) in [7, 11) is 0. The Morgan fingerprint density at radius 3 is 2.82 bits per heavy atom. The summed E-state index contributed by atoms with van der Waals surface area (Å²) in [6.45, 7) is -0.575. The van der Waals surface area contributed by atoms with Gasteiger partial charge in [-0.3, -0.25) is 14.4 Å². The fourth-order valence-electron chi connectivity index (χ4n) is 3.10. The molecule has 11 heteroatoms. The first-order valence-electron chi connectivity index (χ1n) is 9.70. The molecular formula is C22H16ClN5O4S. The second kappa shape index (κ2) is 9.77. The van der Waals surface area contributed by atoms with Gasteiger partial charge in [-0.1, -0.05) is 29.8 Å². The summed E-state index contributed by atoms with van der Waals surface area (Å²) in [5.74, 6) is -1.52. The molecule has 0 bridgehead atoms. The number of aromatic nitrogens is 2. The number of nitriles is 1. The number of halogens is 1. The SMILES string of the molecule is N#Cc1cnn(-c2ccccc2)c1NC(=O)COC(=O)CC1Sc2ccc(Cl)cc2NC1=O. The number of amides is 2. The molecule has 2 aromatic carbocycles. The molecule has 1 aliphatic rings. The number of thioether (sulfide) groups is 1. The maximum Gasteiger partial charge on any atom is 0.307 e. The largest absolute Gasteiger partial charge is 0.456 e. The van der Waals surface area contributed by atoms with Gasteiger partial charge in [-0.05, 0) is 30.3 Å². The van der Waals surface area contributed by atoms with E-state index in [9.17, 15) is 19.6 Å². The van der Waals surface area contributed by atoms with E-state index < -0.39 is 23.7 Å². The third-order valence-corrected chi connectivity index (χ3v) is 6.14. The van der Waals surface area contributed by atoms with Gasteiger partial charge < -0.3 is 15.4 Å². The number of nitrogens with zero attached hydrogens (tertiary/aromatic N) is 3. The van der Waals surface area contributed by atoms with Crippen molar-refractivity contribution in [3.63, 3.8) is 0 Å². The summed E-state index contributed by atoms with van der Waals surface area (Å²) in [4.78, 5) is 37.7. The molecule has 0 saturated carbocycles. The first kappa shape index (κ1) is 22.4. The molecule has 3 aromatic rings. The molecule has 1 unspecified atom stereocenters. The molecule has 1 atom stereocenters. The van der Waals surface area contributed by atoms with Crippen molar-refractivity contribution in [3.05, 3.63) is 65.3 Å². The lowest BCUT2D eigenvalue weighted by Gasteiger charge is -2.23. The summed E-state index contributed by atoms with van der Waals surface area (Å²) < 4.78 is 6.46. The Bertz CT molecular complexity index is 1270. The highest BCUT2D eigenvalue weighted by Gasteiger charge is 2.30. The molecular weight excluding hydrogens is 466 g/mol. The third kappa shape index (κ3) is 5.16. The molecule has 0 fully saturated rings. The smallest absolute Gasteiger partial charge is 0.307 e. The zero-order valence-corrected chi connectivity index (χ0v) is 18.5. The highest BCUT2D eigenvalue weighted by molar-refractivity contribution is 8.01. The predicted molar refractivity (Wildman–Crippen MR) is 122 cm³/mol. The van der Waals surface area contributed by atoms with E-state index in [0.717, 1.165) is 4.90 Å². The van der Waals surface area contributed by atoms with Crippen molar-refractivity contribution in [1.82, 2.24) is 9.78 Å². The Hall–Kier alpha value is -3.81. The van der Waals surface area contributed by atoms with Crippen molar-refractivity contribution in [1.29, 1.82) is 5.26 Å². The first-order valence-corrected chi connectivity index (χ1v) is 11.0. The number of rotatable bonds is 6. The Morgan fingerprint density at radius 1 is 1.27 bits per heavy atom. The van der Waals surface area contributed by atoms with Gasteiger partial charge in [0.05, 0.1) is 29.2 Å². The van der Waals surface area contributed by atoms with Crippen LogP contribution in [0.5, 0.6) is 0 Å². The third-order valence-electron chi connectivity index (χ3n) is 4.63. The van der Waals surface area contributed by atoms with E-state index in [1.807, 2.05) is 12.1 Å². The van der Waals surface area contributed by atoms with Gasteiger partial charge in [0.25, 0.3) is 5.91 Å². The van der Waals surface area contributed by atoms with Crippen LogP contribution >= 0.6 is 23.4 Å². The summed E-state index contributed by atoms with van der Waals surface area (Å²) in [5, 5.41) is 18.5. The van der Waals surface area contributed by atoms with Crippen molar-refractivity contribution < 1.29 is 19.1 Å². The number of ether oxygens (including phenoxy) is 1. The van der Waals surface area contributed by atoms with Crippen molar-refractivity contribution in [2.24, 2.45) is 0 Å². The monoisotopic (exact) mass is 481 g/mol. The topological polar surface area (TPSA) is 126 Å². The minimum Gasteiger partial charge on any atom is -0.456 e. The van der Waals surface area contributed by atoms with Crippen LogP contribution in [-0.2, 0) is 19.1 Å². The van der Waals surface area contributed by atoms with Crippen molar-refractivity contribution >= 4 is 52.7 Å². The highest BCUT2D eigenvalue weighted by Crippen LogP contribution is 2.38. The van der Waals surface area contributed by atoms with Gasteiger partial charge in [0.15, 0.2) is 12.4 Å². The van der Waals surface area contributed by atoms with Gasteiger partial charge in [-0.15, -0.1) is 11.8 Å². The fourth-order valence-corrected chi connectivity index (χ4v) is 4.34. The van der Waals surface area contributed by atoms with Crippen LogP contribution in [0.2, 0.25) is 5.02 Å². The minimum absolute atomic E-state index is 0.160. The minimum atomic E-state index is -0.702. The summed E-state index contributed by atoms with van der Waals surface area (Å²) in [6, 6.07) is 16.0. The highest BCUT2D eigenvalue weighted by atomic mass is 35.5. The van der Waals surface area contributed by atoms with Crippen LogP contribution in [-0.4, -0.2) is 39.4 Å². The van der Waals surface area contributed by atoms with Crippen LogP contribution in [0, 0.1) is 11.3 Å². The van der Waals surface area contributed by atoms with Crippen molar-refractivity contribution in [3.8, 4) is 11.8 Å². The molecule has 2 heterocycles. The molecule has 33 heavy (non-hydrogen) atoms. The quantitative estimate of drug-likeness (QED) is 0.517.